The molecule has 0 aliphatic carbocycles. The number of aromatic nitrogens is 4. The number of carbonyl (C=O) groups is 1. The molecule has 3 rings (SSSR count). The summed E-state index contributed by atoms with van der Waals surface area (Å²) in [5.74, 6) is -0.518. The number of amides is 1. The Morgan fingerprint density at radius 3 is 2.92 bits per heavy atom. The van der Waals surface area contributed by atoms with Crippen LogP contribution in [0.1, 0.15) is 20.9 Å². The fraction of sp³-hybridized carbons (Fsp3) is 0.200. The number of hydrogen-bond donors (Lipinski definition) is 3. The maximum Gasteiger partial charge on any atom is 0.328 e. The summed E-state index contributed by atoms with van der Waals surface area (Å²) >= 11 is 1.44. The van der Waals surface area contributed by atoms with Crippen molar-refractivity contribution in [1.29, 1.82) is 0 Å². The second kappa shape index (κ2) is 7.09. The quantitative estimate of drug-likeness (QED) is 0.598. The van der Waals surface area contributed by atoms with Crippen molar-refractivity contribution in [2.24, 2.45) is 0 Å². The molecule has 0 saturated carbocycles. The number of thiophene rings is 1. The van der Waals surface area contributed by atoms with Crippen molar-refractivity contribution in [2.75, 3.05) is 6.54 Å². The van der Waals surface area contributed by atoms with E-state index in [-0.39, 0.29) is 12.1 Å². The summed E-state index contributed by atoms with van der Waals surface area (Å²) in [6.45, 7) is 0.492. The first kappa shape index (κ1) is 15.9. The minimum Gasteiger partial charge on any atom is -0.351 e. The Bertz CT molecular complexity index is 925. The molecule has 0 aliphatic heterocycles. The second-order valence-corrected chi connectivity index (χ2v) is 6.09. The Labute approximate surface area is 140 Å². The van der Waals surface area contributed by atoms with E-state index in [1.54, 1.807) is 12.5 Å². The van der Waals surface area contributed by atoms with Gasteiger partial charge in [0.25, 0.3) is 11.5 Å². The molecule has 0 fully saturated rings. The van der Waals surface area contributed by atoms with Gasteiger partial charge >= 0.3 is 5.69 Å². The predicted molar refractivity (Wildman–Crippen MR) is 89.4 cm³/mol. The van der Waals surface area contributed by atoms with Crippen LogP contribution in [0.15, 0.2) is 45.8 Å². The SMILES string of the molecule is O=C(NCCc1cnc[nH]1)c1c[nH]c(=O)n(Cc2cccs2)c1=O. The zero-order valence-electron chi connectivity index (χ0n) is 12.6. The summed E-state index contributed by atoms with van der Waals surface area (Å²) in [5.41, 5.74) is -0.351. The summed E-state index contributed by atoms with van der Waals surface area (Å²) < 4.78 is 1.02. The zero-order valence-corrected chi connectivity index (χ0v) is 13.4. The first-order valence-corrected chi connectivity index (χ1v) is 8.13. The number of carbonyl (C=O) groups excluding carboxylic acids is 1. The monoisotopic (exact) mass is 345 g/mol. The van der Waals surface area contributed by atoms with Crippen LogP contribution in [0.2, 0.25) is 0 Å². The van der Waals surface area contributed by atoms with Crippen LogP contribution in [0.25, 0.3) is 0 Å². The highest BCUT2D eigenvalue weighted by Gasteiger charge is 2.15. The van der Waals surface area contributed by atoms with Crippen molar-refractivity contribution >= 4 is 17.2 Å². The first-order valence-electron chi connectivity index (χ1n) is 7.25. The molecule has 24 heavy (non-hydrogen) atoms. The van der Waals surface area contributed by atoms with Gasteiger partial charge in [0.2, 0.25) is 0 Å². The van der Waals surface area contributed by atoms with Gasteiger partial charge < -0.3 is 15.3 Å². The highest BCUT2D eigenvalue weighted by Crippen LogP contribution is 2.08. The largest absolute Gasteiger partial charge is 0.351 e. The Kier molecular flexibility index (Phi) is 4.71. The highest BCUT2D eigenvalue weighted by atomic mass is 32.1. The van der Waals surface area contributed by atoms with Crippen molar-refractivity contribution in [1.82, 2.24) is 24.8 Å². The van der Waals surface area contributed by atoms with Crippen LogP contribution < -0.4 is 16.6 Å². The average molecular weight is 345 g/mol. The van der Waals surface area contributed by atoms with E-state index in [4.69, 9.17) is 0 Å². The predicted octanol–water partition coefficient (Wildman–Crippen LogP) is 0.342. The lowest BCUT2D eigenvalue weighted by molar-refractivity contribution is 0.0951. The number of nitrogens with zero attached hydrogens (tertiary/aromatic N) is 2. The third-order valence-electron chi connectivity index (χ3n) is 3.43. The Balaban J connectivity index is 1.74. The second-order valence-electron chi connectivity index (χ2n) is 5.06. The molecule has 0 saturated heterocycles. The number of aromatic amines is 2. The molecule has 3 N–H and O–H groups in total. The van der Waals surface area contributed by atoms with E-state index in [0.717, 1.165) is 21.3 Å². The smallest absolute Gasteiger partial charge is 0.328 e. The van der Waals surface area contributed by atoms with Crippen molar-refractivity contribution in [2.45, 2.75) is 13.0 Å². The van der Waals surface area contributed by atoms with Crippen LogP contribution in [0.5, 0.6) is 0 Å². The van der Waals surface area contributed by atoms with E-state index in [9.17, 15) is 14.4 Å². The Morgan fingerprint density at radius 1 is 1.33 bits per heavy atom. The topological polar surface area (TPSA) is 113 Å². The zero-order chi connectivity index (χ0) is 16.9. The molecule has 3 heterocycles. The third kappa shape index (κ3) is 3.51. The van der Waals surface area contributed by atoms with Gasteiger partial charge in [-0.25, -0.2) is 9.78 Å². The molecule has 0 aromatic carbocycles. The molecular formula is C15H15N5O3S. The maximum atomic E-state index is 12.4. The molecule has 0 atom stereocenters. The number of H-pyrrole nitrogens is 2. The molecular weight excluding hydrogens is 330 g/mol. The molecule has 124 valence electrons. The number of imidazole rings is 1. The van der Waals surface area contributed by atoms with Gasteiger partial charge in [0, 0.05) is 35.9 Å². The van der Waals surface area contributed by atoms with E-state index in [0.29, 0.717) is 13.0 Å². The fourth-order valence-corrected chi connectivity index (χ4v) is 2.90. The number of nitrogens with one attached hydrogen (secondary N) is 3. The minimum absolute atomic E-state index is 0.0873. The van der Waals surface area contributed by atoms with Gasteiger partial charge in [-0.3, -0.25) is 14.2 Å². The van der Waals surface area contributed by atoms with Gasteiger partial charge in [-0.2, -0.15) is 0 Å². The van der Waals surface area contributed by atoms with Gasteiger partial charge in [0.1, 0.15) is 5.56 Å². The molecule has 0 unspecified atom stereocenters. The van der Waals surface area contributed by atoms with Crippen LogP contribution in [-0.2, 0) is 13.0 Å². The van der Waals surface area contributed by atoms with Crippen LogP contribution in [0.4, 0.5) is 0 Å². The lowest BCUT2D eigenvalue weighted by atomic mass is 10.3. The first-order chi connectivity index (χ1) is 11.6. The standard InChI is InChI=1S/C15H15N5O3S/c21-13(17-4-3-10-6-16-9-19-10)12-7-18-15(23)20(14(12)22)8-11-2-1-5-24-11/h1-2,5-7,9H,3-4,8H2,(H,16,19)(H,17,21)(H,18,23). The van der Waals surface area contributed by atoms with Crippen molar-refractivity contribution in [3.8, 4) is 0 Å². The van der Waals surface area contributed by atoms with E-state index in [1.165, 1.54) is 11.3 Å². The molecule has 0 bridgehead atoms. The number of rotatable bonds is 6. The molecule has 9 heteroatoms. The maximum absolute atomic E-state index is 12.4. The van der Waals surface area contributed by atoms with E-state index in [2.05, 4.69) is 20.3 Å². The van der Waals surface area contributed by atoms with Crippen LogP contribution >= 0.6 is 11.3 Å². The van der Waals surface area contributed by atoms with Crippen LogP contribution in [-0.4, -0.2) is 32.0 Å². The van der Waals surface area contributed by atoms with Gasteiger partial charge in [-0.15, -0.1) is 11.3 Å². The third-order valence-corrected chi connectivity index (χ3v) is 4.30. The number of hydrogen-bond acceptors (Lipinski definition) is 5. The van der Waals surface area contributed by atoms with Crippen molar-refractivity contribution < 1.29 is 4.79 Å². The van der Waals surface area contributed by atoms with E-state index >= 15 is 0 Å². The summed E-state index contributed by atoms with van der Waals surface area (Å²) in [6.07, 6.45) is 4.95. The van der Waals surface area contributed by atoms with Crippen molar-refractivity contribution in [3.05, 3.63) is 73.2 Å². The fourth-order valence-electron chi connectivity index (χ4n) is 2.20. The molecule has 3 aromatic heterocycles. The summed E-state index contributed by atoms with van der Waals surface area (Å²) in [7, 11) is 0. The van der Waals surface area contributed by atoms with Crippen LogP contribution in [0.3, 0.4) is 0 Å². The molecule has 8 nitrogen and oxygen atoms in total. The van der Waals surface area contributed by atoms with Gasteiger partial charge in [0.15, 0.2) is 0 Å². The Hall–Kier alpha value is -2.94. The van der Waals surface area contributed by atoms with Crippen LogP contribution in [0, 0.1) is 0 Å². The lowest BCUT2D eigenvalue weighted by Gasteiger charge is -2.07. The molecule has 1 amide bonds. The van der Waals surface area contributed by atoms with E-state index < -0.39 is 17.2 Å². The molecule has 0 radical (unpaired) electrons. The van der Waals surface area contributed by atoms with Gasteiger partial charge in [-0.1, -0.05) is 6.07 Å². The van der Waals surface area contributed by atoms with E-state index in [1.807, 2.05) is 17.5 Å². The highest BCUT2D eigenvalue weighted by molar-refractivity contribution is 7.09. The van der Waals surface area contributed by atoms with Crippen molar-refractivity contribution in [3.63, 3.8) is 0 Å². The summed E-state index contributed by atoms with van der Waals surface area (Å²) in [5, 5.41) is 4.53. The van der Waals surface area contributed by atoms with Gasteiger partial charge in [0.05, 0.1) is 12.9 Å². The average Bonchev–Trinajstić information content (AvgIpc) is 3.25. The molecule has 0 spiro atoms. The summed E-state index contributed by atoms with van der Waals surface area (Å²) in [4.78, 5) is 46.6. The molecule has 3 aromatic rings. The Morgan fingerprint density at radius 2 is 2.21 bits per heavy atom. The van der Waals surface area contributed by atoms with Gasteiger partial charge in [-0.05, 0) is 11.4 Å². The lowest BCUT2D eigenvalue weighted by Crippen LogP contribution is -2.41. The summed E-state index contributed by atoms with van der Waals surface area (Å²) in [6, 6.07) is 3.67. The minimum atomic E-state index is -0.605. The molecule has 0 aliphatic rings. The normalized spacial score (nSPS) is 10.7.